The second-order valence-corrected chi connectivity index (χ2v) is 7.46. The van der Waals surface area contributed by atoms with Crippen molar-refractivity contribution in [1.29, 1.82) is 0 Å². The van der Waals surface area contributed by atoms with E-state index in [1.165, 1.54) is 0 Å². The lowest BCUT2D eigenvalue weighted by Gasteiger charge is -2.31. The molecule has 0 aromatic heterocycles. The molecule has 2 heterocycles. The smallest absolute Gasteiger partial charge is 0.311 e. The van der Waals surface area contributed by atoms with Crippen LogP contribution in [0.2, 0.25) is 0 Å². The highest BCUT2D eigenvalue weighted by molar-refractivity contribution is 5.99. The Balaban J connectivity index is 1.46. The number of esters is 1. The molecule has 2 aromatic carbocycles. The van der Waals surface area contributed by atoms with Crippen LogP contribution in [0.4, 0.5) is 5.69 Å². The number of fused-ring (bicyclic) bond motifs is 1. The van der Waals surface area contributed by atoms with Gasteiger partial charge in [0.25, 0.3) is 11.8 Å². The first kappa shape index (κ1) is 19.9. The minimum Gasteiger partial charge on any atom is -0.478 e. The molecule has 7 heteroatoms. The molecule has 2 unspecified atom stereocenters. The Morgan fingerprint density at radius 1 is 1.03 bits per heavy atom. The van der Waals surface area contributed by atoms with Crippen molar-refractivity contribution in [2.24, 2.45) is 0 Å². The molecule has 7 nitrogen and oxygen atoms in total. The second-order valence-electron chi connectivity index (χ2n) is 7.46. The number of likely N-dealkylation sites (tertiary alicyclic amines) is 1. The Kier molecular flexibility index (Phi) is 5.97. The molecular weight excluding hydrogens is 384 g/mol. The van der Waals surface area contributed by atoms with Gasteiger partial charge in [-0.1, -0.05) is 42.5 Å². The normalized spacial score (nSPS) is 19.1. The van der Waals surface area contributed by atoms with Gasteiger partial charge in [-0.3, -0.25) is 14.4 Å². The molecule has 0 radical (unpaired) electrons. The first-order valence-corrected chi connectivity index (χ1v) is 10.2. The fourth-order valence-electron chi connectivity index (χ4n) is 3.73. The zero-order chi connectivity index (χ0) is 20.9. The van der Waals surface area contributed by atoms with Crippen LogP contribution in [0, 0.1) is 0 Å². The predicted octanol–water partition coefficient (Wildman–Crippen LogP) is 3.07. The summed E-state index contributed by atoms with van der Waals surface area (Å²) >= 11 is 0. The Morgan fingerprint density at radius 2 is 1.73 bits per heavy atom. The van der Waals surface area contributed by atoms with E-state index < -0.39 is 24.1 Å². The highest BCUT2D eigenvalue weighted by Gasteiger charge is 2.34. The number of hydrogen-bond acceptors (Lipinski definition) is 5. The summed E-state index contributed by atoms with van der Waals surface area (Å²) in [4.78, 5) is 39.8. The molecule has 4 rings (SSSR count). The highest BCUT2D eigenvalue weighted by Crippen LogP contribution is 2.30. The summed E-state index contributed by atoms with van der Waals surface area (Å²) in [5, 5.41) is 2.73. The van der Waals surface area contributed by atoms with E-state index in [0.717, 1.165) is 19.3 Å². The van der Waals surface area contributed by atoms with E-state index >= 15 is 0 Å². The van der Waals surface area contributed by atoms with Crippen molar-refractivity contribution >= 4 is 23.5 Å². The van der Waals surface area contributed by atoms with Crippen molar-refractivity contribution in [2.45, 2.75) is 37.9 Å². The largest absolute Gasteiger partial charge is 0.478 e. The maximum atomic E-state index is 13.1. The number of carbonyl (C=O) groups excluding carboxylic acids is 3. The average Bonchev–Trinajstić information content (AvgIpc) is 2.79. The maximum Gasteiger partial charge on any atom is 0.311 e. The first-order chi connectivity index (χ1) is 14.6. The summed E-state index contributed by atoms with van der Waals surface area (Å²) in [6.07, 6.45) is 0.656. The molecular formula is C23H24N2O5. The Labute approximate surface area is 175 Å². The van der Waals surface area contributed by atoms with Crippen molar-refractivity contribution < 1.29 is 23.9 Å². The van der Waals surface area contributed by atoms with Crippen LogP contribution in [0.3, 0.4) is 0 Å². The SMILES string of the molecule is O=C(CC1Oc2ccccc2NC1=O)OC(C(=O)N1CCCCC1)c1ccccc1. The topological polar surface area (TPSA) is 84.9 Å². The van der Waals surface area contributed by atoms with Crippen molar-refractivity contribution in [3.05, 3.63) is 60.2 Å². The molecule has 2 aliphatic rings. The van der Waals surface area contributed by atoms with Gasteiger partial charge in [0.2, 0.25) is 6.10 Å². The van der Waals surface area contributed by atoms with Crippen LogP contribution in [0.15, 0.2) is 54.6 Å². The number of nitrogens with one attached hydrogen (secondary N) is 1. The number of anilines is 1. The third-order valence-electron chi connectivity index (χ3n) is 5.30. The van der Waals surface area contributed by atoms with Crippen LogP contribution in [0.1, 0.15) is 37.4 Å². The summed E-state index contributed by atoms with van der Waals surface area (Å²) in [5.41, 5.74) is 1.18. The zero-order valence-electron chi connectivity index (χ0n) is 16.6. The average molecular weight is 408 g/mol. The monoisotopic (exact) mass is 408 g/mol. The van der Waals surface area contributed by atoms with Crippen LogP contribution in [-0.2, 0) is 19.1 Å². The van der Waals surface area contributed by atoms with Crippen LogP contribution in [0.5, 0.6) is 5.75 Å². The van der Waals surface area contributed by atoms with Crippen molar-refractivity contribution in [1.82, 2.24) is 4.90 Å². The standard InChI is InChI=1S/C23H24N2O5/c26-20(15-19-22(27)24-17-11-5-6-12-18(17)29-19)30-21(16-9-3-1-4-10-16)23(28)25-13-7-2-8-14-25/h1,3-6,9-12,19,21H,2,7-8,13-15H2,(H,24,27). The number of amides is 2. The fraction of sp³-hybridized carbons (Fsp3) is 0.348. The number of nitrogens with zero attached hydrogens (tertiary/aromatic N) is 1. The van der Waals surface area contributed by atoms with Gasteiger partial charge in [0.1, 0.15) is 5.75 Å². The number of piperidine rings is 1. The van der Waals surface area contributed by atoms with Crippen LogP contribution in [-0.4, -0.2) is 41.9 Å². The van der Waals surface area contributed by atoms with Crippen molar-refractivity contribution in [3.8, 4) is 5.75 Å². The van der Waals surface area contributed by atoms with Gasteiger partial charge < -0.3 is 19.7 Å². The van der Waals surface area contributed by atoms with Crippen LogP contribution < -0.4 is 10.1 Å². The van der Waals surface area contributed by atoms with Crippen LogP contribution >= 0.6 is 0 Å². The molecule has 2 atom stereocenters. The third kappa shape index (κ3) is 4.45. The van der Waals surface area contributed by atoms with Crippen molar-refractivity contribution in [3.63, 3.8) is 0 Å². The van der Waals surface area contributed by atoms with Gasteiger partial charge in [0, 0.05) is 18.7 Å². The molecule has 0 bridgehead atoms. The molecule has 1 saturated heterocycles. The fourth-order valence-corrected chi connectivity index (χ4v) is 3.73. The quantitative estimate of drug-likeness (QED) is 0.769. The summed E-state index contributed by atoms with van der Waals surface area (Å²) < 4.78 is 11.3. The van der Waals surface area contributed by atoms with Gasteiger partial charge in [-0.25, -0.2) is 0 Å². The van der Waals surface area contributed by atoms with Gasteiger partial charge in [-0.2, -0.15) is 0 Å². The van der Waals surface area contributed by atoms with E-state index in [9.17, 15) is 14.4 Å². The minimum absolute atomic E-state index is 0.228. The number of carbonyl (C=O) groups is 3. The molecule has 2 aromatic rings. The molecule has 0 spiro atoms. The number of ether oxygens (including phenoxy) is 2. The van der Waals surface area contributed by atoms with Gasteiger partial charge in [-0.05, 0) is 31.4 Å². The number of hydrogen-bond donors (Lipinski definition) is 1. The Bertz CT molecular complexity index is 924. The van der Waals surface area contributed by atoms with Crippen LogP contribution in [0.25, 0.3) is 0 Å². The number of para-hydroxylation sites is 2. The van der Waals surface area contributed by atoms with E-state index in [1.54, 1.807) is 53.4 Å². The number of benzene rings is 2. The molecule has 0 saturated carbocycles. The number of rotatable bonds is 5. The van der Waals surface area contributed by atoms with E-state index in [4.69, 9.17) is 9.47 Å². The van der Waals surface area contributed by atoms with E-state index in [-0.39, 0.29) is 12.3 Å². The lowest BCUT2D eigenvalue weighted by molar-refractivity contribution is -0.163. The Morgan fingerprint density at radius 3 is 2.50 bits per heavy atom. The molecule has 0 aliphatic carbocycles. The van der Waals surface area contributed by atoms with Gasteiger partial charge in [0.05, 0.1) is 12.1 Å². The summed E-state index contributed by atoms with van der Waals surface area (Å²) in [6.45, 7) is 1.31. The van der Waals surface area contributed by atoms with E-state index in [2.05, 4.69) is 5.32 Å². The second kappa shape index (κ2) is 8.98. The lowest BCUT2D eigenvalue weighted by Crippen LogP contribution is -2.42. The zero-order valence-corrected chi connectivity index (χ0v) is 16.6. The molecule has 30 heavy (non-hydrogen) atoms. The summed E-state index contributed by atoms with van der Waals surface area (Å²) in [7, 11) is 0. The van der Waals surface area contributed by atoms with Gasteiger partial charge >= 0.3 is 5.97 Å². The Hall–Kier alpha value is -3.35. The maximum absolute atomic E-state index is 13.1. The van der Waals surface area contributed by atoms with Crippen molar-refractivity contribution in [2.75, 3.05) is 18.4 Å². The molecule has 1 fully saturated rings. The highest BCUT2D eigenvalue weighted by atomic mass is 16.6. The van der Waals surface area contributed by atoms with E-state index in [1.807, 2.05) is 6.07 Å². The minimum atomic E-state index is -1.03. The molecule has 2 aliphatic heterocycles. The summed E-state index contributed by atoms with van der Waals surface area (Å²) in [5.74, 6) is -0.800. The van der Waals surface area contributed by atoms with Gasteiger partial charge in [-0.15, -0.1) is 0 Å². The summed E-state index contributed by atoms with van der Waals surface area (Å²) in [6, 6.07) is 16.0. The first-order valence-electron chi connectivity index (χ1n) is 10.2. The molecule has 1 N–H and O–H groups in total. The van der Waals surface area contributed by atoms with E-state index in [0.29, 0.717) is 30.1 Å². The predicted molar refractivity (Wildman–Crippen MR) is 110 cm³/mol. The third-order valence-corrected chi connectivity index (χ3v) is 5.30. The molecule has 156 valence electrons. The van der Waals surface area contributed by atoms with Gasteiger partial charge in [0.15, 0.2) is 6.10 Å². The lowest BCUT2D eigenvalue weighted by atomic mass is 10.1. The molecule has 2 amide bonds.